The SMILES string of the molecule is CCNC(=O)C(C)N(Cc1ccccc1)C(=O)CN(c1ccc(CC)cc1)S(=O)(=O)c1ccccc1. The number of hydrogen-bond donors (Lipinski definition) is 1. The molecule has 1 atom stereocenters. The number of carbonyl (C=O) groups is 2. The van der Waals surface area contributed by atoms with Gasteiger partial charge in [0.05, 0.1) is 10.6 Å². The van der Waals surface area contributed by atoms with Gasteiger partial charge in [-0.2, -0.15) is 0 Å². The zero-order chi connectivity index (χ0) is 26.1. The van der Waals surface area contributed by atoms with Crippen molar-refractivity contribution in [2.45, 2.75) is 44.7 Å². The summed E-state index contributed by atoms with van der Waals surface area (Å²) in [6, 6.07) is 23.7. The second-order valence-electron chi connectivity index (χ2n) is 8.42. The van der Waals surface area contributed by atoms with E-state index in [0.717, 1.165) is 21.9 Å². The summed E-state index contributed by atoms with van der Waals surface area (Å²) in [5.74, 6) is -0.775. The van der Waals surface area contributed by atoms with Crippen LogP contribution in [0.5, 0.6) is 0 Å². The van der Waals surface area contributed by atoms with Crippen molar-refractivity contribution in [3.63, 3.8) is 0 Å². The number of sulfonamides is 1. The van der Waals surface area contributed by atoms with Crippen molar-refractivity contribution < 1.29 is 18.0 Å². The Morgan fingerprint density at radius 3 is 1.97 bits per heavy atom. The first-order chi connectivity index (χ1) is 17.3. The van der Waals surface area contributed by atoms with Crippen LogP contribution in [0.3, 0.4) is 0 Å². The molecule has 0 radical (unpaired) electrons. The molecule has 0 saturated carbocycles. The van der Waals surface area contributed by atoms with Crippen LogP contribution in [0.25, 0.3) is 0 Å². The van der Waals surface area contributed by atoms with E-state index in [1.165, 1.54) is 17.0 Å². The molecule has 0 aliphatic heterocycles. The summed E-state index contributed by atoms with van der Waals surface area (Å²) in [6.45, 7) is 5.63. The van der Waals surface area contributed by atoms with E-state index in [2.05, 4.69) is 5.32 Å². The van der Waals surface area contributed by atoms with Gasteiger partial charge in [0.25, 0.3) is 10.0 Å². The number of nitrogens with one attached hydrogen (secondary N) is 1. The molecule has 36 heavy (non-hydrogen) atoms. The first-order valence-corrected chi connectivity index (χ1v) is 13.5. The molecule has 0 fully saturated rings. The lowest BCUT2D eigenvalue weighted by molar-refractivity contribution is -0.139. The van der Waals surface area contributed by atoms with Crippen LogP contribution in [0.4, 0.5) is 5.69 Å². The van der Waals surface area contributed by atoms with Crippen LogP contribution in [-0.4, -0.2) is 44.3 Å². The molecule has 0 bridgehead atoms. The Morgan fingerprint density at radius 1 is 0.833 bits per heavy atom. The lowest BCUT2D eigenvalue weighted by atomic mass is 10.1. The Labute approximate surface area is 213 Å². The number of likely N-dealkylation sites (N-methyl/N-ethyl adjacent to an activating group) is 1. The summed E-state index contributed by atoms with van der Waals surface area (Å²) in [5.41, 5.74) is 2.28. The van der Waals surface area contributed by atoms with Gasteiger partial charge in [0.2, 0.25) is 11.8 Å². The zero-order valence-corrected chi connectivity index (χ0v) is 21.7. The Balaban J connectivity index is 2.00. The first-order valence-electron chi connectivity index (χ1n) is 12.1. The molecule has 2 amide bonds. The van der Waals surface area contributed by atoms with Crippen molar-refractivity contribution in [1.82, 2.24) is 10.2 Å². The van der Waals surface area contributed by atoms with E-state index in [1.807, 2.05) is 56.3 Å². The van der Waals surface area contributed by atoms with Crippen molar-refractivity contribution in [2.24, 2.45) is 0 Å². The predicted molar refractivity (Wildman–Crippen MR) is 142 cm³/mol. The summed E-state index contributed by atoms with van der Waals surface area (Å²) < 4.78 is 28.5. The van der Waals surface area contributed by atoms with Crippen LogP contribution in [0.2, 0.25) is 0 Å². The van der Waals surface area contributed by atoms with Gasteiger partial charge in [-0.15, -0.1) is 0 Å². The largest absolute Gasteiger partial charge is 0.355 e. The highest BCUT2D eigenvalue weighted by Gasteiger charge is 2.32. The molecule has 3 rings (SSSR count). The number of nitrogens with zero attached hydrogens (tertiary/aromatic N) is 2. The highest BCUT2D eigenvalue weighted by molar-refractivity contribution is 7.92. The highest BCUT2D eigenvalue weighted by Crippen LogP contribution is 2.25. The number of anilines is 1. The zero-order valence-electron chi connectivity index (χ0n) is 20.9. The molecular weight excluding hydrogens is 474 g/mol. The van der Waals surface area contributed by atoms with Gasteiger partial charge < -0.3 is 10.2 Å². The summed E-state index contributed by atoms with van der Waals surface area (Å²) in [5, 5.41) is 2.76. The van der Waals surface area contributed by atoms with E-state index >= 15 is 0 Å². The van der Waals surface area contributed by atoms with Gasteiger partial charge in [-0.3, -0.25) is 13.9 Å². The minimum Gasteiger partial charge on any atom is -0.355 e. The van der Waals surface area contributed by atoms with E-state index < -0.39 is 28.5 Å². The average Bonchev–Trinajstić information content (AvgIpc) is 2.91. The Bertz CT molecular complexity index is 1250. The van der Waals surface area contributed by atoms with Gasteiger partial charge in [0.1, 0.15) is 12.6 Å². The highest BCUT2D eigenvalue weighted by atomic mass is 32.2. The van der Waals surface area contributed by atoms with Gasteiger partial charge >= 0.3 is 0 Å². The molecule has 0 aliphatic rings. The molecule has 1 unspecified atom stereocenters. The third-order valence-corrected chi connectivity index (χ3v) is 7.74. The Hall–Kier alpha value is -3.65. The maximum absolute atomic E-state index is 13.7. The van der Waals surface area contributed by atoms with Gasteiger partial charge in [-0.05, 0) is 55.7 Å². The van der Waals surface area contributed by atoms with E-state index in [-0.39, 0.29) is 17.3 Å². The summed E-state index contributed by atoms with van der Waals surface area (Å²) in [6.07, 6.45) is 0.805. The van der Waals surface area contributed by atoms with Crippen LogP contribution < -0.4 is 9.62 Å². The van der Waals surface area contributed by atoms with Crippen LogP contribution in [0.15, 0.2) is 89.8 Å². The molecule has 3 aromatic rings. The van der Waals surface area contributed by atoms with Crippen molar-refractivity contribution in [1.29, 1.82) is 0 Å². The maximum atomic E-state index is 13.7. The predicted octanol–water partition coefficient (Wildman–Crippen LogP) is 4.00. The van der Waals surface area contributed by atoms with Gasteiger partial charge in [-0.1, -0.05) is 67.6 Å². The third-order valence-electron chi connectivity index (χ3n) is 5.96. The second kappa shape index (κ2) is 12.4. The number of benzene rings is 3. The Kier molecular flexibility index (Phi) is 9.25. The van der Waals surface area contributed by atoms with Crippen molar-refractivity contribution in [3.8, 4) is 0 Å². The number of rotatable bonds is 11. The van der Waals surface area contributed by atoms with Crippen molar-refractivity contribution >= 4 is 27.5 Å². The van der Waals surface area contributed by atoms with Crippen molar-refractivity contribution in [3.05, 3.63) is 96.1 Å². The summed E-state index contributed by atoms with van der Waals surface area (Å²) in [7, 11) is -4.05. The average molecular weight is 508 g/mol. The molecule has 0 saturated heterocycles. The van der Waals surface area contributed by atoms with Crippen LogP contribution in [-0.2, 0) is 32.6 Å². The lowest BCUT2D eigenvalue weighted by Gasteiger charge is -2.32. The topological polar surface area (TPSA) is 86.8 Å². The molecule has 0 spiro atoms. The first kappa shape index (κ1) is 26.9. The molecule has 3 aromatic carbocycles. The quantitative estimate of drug-likeness (QED) is 0.425. The van der Waals surface area contributed by atoms with Gasteiger partial charge in [0, 0.05) is 13.1 Å². The number of aryl methyl sites for hydroxylation is 1. The van der Waals surface area contributed by atoms with E-state index in [1.54, 1.807) is 37.3 Å². The molecule has 190 valence electrons. The monoisotopic (exact) mass is 507 g/mol. The second-order valence-corrected chi connectivity index (χ2v) is 10.3. The standard InChI is InChI=1S/C28H33N3O4S/c1-4-23-16-18-25(19-17-23)31(36(34,35)26-14-10-7-11-15-26)21-27(32)30(22(3)28(33)29-5-2)20-24-12-8-6-9-13-24/h6-19,22H,4-5,20-21H2,1-3H3,(H,29,33). The normalized spacial score (nSPS) is 12.0. The fourth-order valence-corrected chi connectivity index (χ4v) is 5.27. The number of hydrogen-bond acceptors (Lipinski definition) is 4. The van der Waals surface area contributed by atoms with Gasteiger partial charge in [-0.25, -0.2) is 8.42 Å². The number of carbonyl (C=O) groups excluding carboxylic acids is 2. The van der Waals surface area contributed by atoms with E-state index in [9.17, 15) is 18.0 Å². The fourth-order valence-electron chi connectivity index (χ4n) is 3.83. The van der Waals surface area contributed by atoms with E-state index in [4.69, 9.17) is 0 Å². The third kappa shape index (κ3) is 6.51. The summed E-state index contributed by atoms with van der Waals surface area (Å²) in [4.78, 5) is 27.9. The summed E-state index contributed by atoms with van der Waals surface area (Å²) >= 11 is 0. The van der Waals surface area contributed by atoms with Crippen LogP contribution >= 0.6 is 0 Å². The molecule has 8 heteroatoms. The number of amides is 2. The minimum atomic E-state index is -4.05. The smallest absolute Gasteiger partial charge is 0.264 e. The van der Waals surface area contributed by atoms with E-state index in [0.29, 0.717) is 12.2 Å². The van der Waals surface area contributed by atoms with Crippen molar-refractivity contribution in [2.75, 3.05) is 17.4 Å². The molecule has 0 aliphatic carbocycles. The molecule has 7 nitrogen and oxygen atoms in total. The molecule has 0 aromatic heterocycles. The maximum Gasteiger partial charge on any atom is 0.264 e. The molecule has 0 heterocycles. The Morgan fingerprint density at radius 2 is 1.42 bits per heavy atom. The van der Waals surface area contributed by atoms with Gasteiger partial charge in [0.15, 0.2) is 0 Å². The molecule has 1 N–H and O–H groups in total. The lowest BCUT2D eigenvalue weighted by Crippen LogP contribution is -2.51. The van der Waals surface area contributed by atoms with Crippen LogP contribution in [0, 0.1) is 0 Å². The van der Waals surface area contributed by atoms with Crippen LogP contribution in [0.1, 0.15) is 31.9 Å². The fraction of sp³-hybridized carbons (Fsp3) is 0.286. The minimum absolute atomic E-state index is 0.0868. The molecular formula is C28H33N3O4S.